The highest BCUT2D eigenvalue weighted by atomic mass is 16.6. The molecule has 0 saturated carbocycles. The van der Waals surface area contributed by atoms with Gasteiger partial charge >= 0.3 is 24.1 Å². The molecule has 0 saturated heterocycles. The summed E-state index contributed by atoms with van der Waals surface area (Å²) in [6.07, 6.45) is -1.05. The molecule has 0 rings (SSSR count). The molecule has 0 bridgehead atoms. The number of nitrogens with one attached hydrogen (secondary N) is 2. The van der Waals surface area contributed by atoms with Gasteiger partial charge in [-0.2, -0.15) is 0 Å². The molecule has 0 aliphatic heterocycles. The number of rotatable bonds is 12. The van der Waals surface area contributed by atoms with Gasteiger partial charge in [0.05, 0.1) is 26.3 Å². The van der Waals surface area contributed by atoms with Crippen LogP contribution in [0.3, 0.4) is 0 Å². The number of carbonyl (C=O) groups is 4. The lowest BCUT2D eigenvalue weighted by Gasteiger charge is -2.09. The second-order valence-corrected chi connectivity index (χ2v) is 5.31. The van der Waals surface area contributed by atoms with Crippen LogP contribution in [0.5, 0.6) is 0 Å². The standard InChI is InChI=1S/C17H26N2O8/c1-12(2)14(20)24-10-6-18-16(22)26-8-5-9-27-17(23)19-7-11-25-15(21)13(3)4/h1,3,5-11H2,2,4H3,(H,18,22)(H,19,23). The number of ether oxygens (including phenoxy) is 4. The Morgan fingerprint density at radius 1 is 0.667 bits per heavy atom. The Kier molecular flexibility index (Phi) is 12.6. The van der Waals surface area contributed by atoms with E-state index < -0.39 is 24.1 Å². The van der Waals surface area contributed by atoms with Crippen LogP contribution in [-0.4, -0.2) is 63.6 Å². The predicted octanol–water partition coefficient (Wildman–Crippen LogP) is 1.07. The van der Waals surface area contributed by atoms with Crippen LogP contribution < -0.4 is 10.6 Å². The summed E-state index contributed by atoms with van der Waals surface area (Å²) in [5, 5.41) is 4.78. The fourth-order valence-electron chi connectivity index (χ4n) is 1.33. The molecule has 0 fully saturated rings. The fourth-order valence-corrected chi connectivity index (χ4v) is 1.33. The lowest BCUT2D eigenvalue weighted by atomic mass is 10.4. The van der Waals surface area contributed by atoms with Crippen molar-refractivity contribution in [1.82, 2.24) is 10.6 Å². The first kappa shape index (κ1) is 24.0. The molecular formula is C17H26N2O8. The van der Waals surface area contributed by atoms with Crippen molar-refractivity contribution in [2.75, 3.05) is 39.5 Å². The van der Waals surface area contributed by atoms with Crippen molar-refractivity contribution in [3.8, 4) is 0 Å². The zero-order valence-corrected chi connectivity index (χ0v) is 15.6. The predicted molar refractivity (Wildman–Crippen MR) is 94.9 cm³/mol. The molecule has 0 aliphatic rings. The van der Waals surface area contributed by atoms with Gasteiger partial charge in [0.15, 0.2) is 0 Å². The van der Waals surface area contributed by atoms with E-state index in [0.717, 1.165) is 0 Å². The number of hydrogen-bond acceptors (Lipinski definition) is 8. The number of esters is 2. The maximum absolute atomic E-state index is 11.3. The summed E-state index contributed by atoms with van der Waals surface area (Å²) in [6, 6.07) is 0. The van der Waals surface area contributed by atoms with Gasteiger partial charge in [-0.15, -0.1) is 0 Å². The second-order valence-electron chi connectivity index (χ2n) is 5.31. The third-order valence-electron chi connectivity index (χ3n) is 2.66. The number of amides is 2. The zero-order chi connectivity index (χ0) is 20.7. The topological polar surface area (TPSA) is 129 Å². The van der Waals surface area contributed by atoms with E-state index in [1.54, 1.807) is 0 Å². The first-order valence-corrected chi connectivity index (χ1v) is 8.20. The van der Waals surface area contributed by atoms with Crippen LogP contribution in [0.4, 0.5) is 9.59 Å². The lowest BCUT2D eigenvalue weighted by Crippen LogP contribution is -2.30. The van der Waals surface area contributed by atoms with Gasteiger partial charge in [0.1, 0.15) is 13.2 Å². The second kappa shape index (κ2) is 14.2. The Hall–Kier alpha value is -3.04. The van der Waals surface area contributed by atoms with Crippen molar-refractivity contribution in [2.24, 2.45) is 0 Å². The summed E-state index contributed by atoms with van der Waals surface area (Å²) in [5.74, 6) is -1.07. The summed E-state index contributed by atoms with van der Waals surface area (Å²) in [6.45, 7) is 10.2. The Balaban J connectivity index is 3.53. The largest absolute Gasteiger partial charge is 0.460 e. The van der Waals surface area contributed by atoms with Crippen LogP contribution in [-0.2, 0) is 28.5 Å². The van der Waals surface area contributed by atoms with Crippen molar-refractivity contribution in [1.29, 1.82) is 0 Å². The summed E-state index contributed by atoms with van der Waals surface area (Å²) in [4.78, 5) is 44.9. The third kappa shape index (κ3) is 13.9. The van der Waals surface area contributed by atoms with Crippen molar-refractivity contribution < 1.29 is 38.1 Å². The van der Waals surface area contributed by atoms with E-state index in [-0.39, 0.29) is 50.7 Å². The molecule has 0 heterocycles. The van der Waals surface area contributed by atoms with Crippen molar-refractivity contribution in [3.63, 3.8) is 0 Å². The smallest absolute Gasteiger partial charge is 0.407 e. The Morgan fingerprint density at radius 3 is 1.37 bits per heavy atom. The number of hydrogen-bond donors (Lipinski definition) is 2. The molecule has 2 amide bonds. The Morgan fingerprint density at radius 2 is 1.04 bits per heavy atom. The van der Waals surface area contributed by atoms with E-state index in [1.165, 1.54) is 13.8 Å². The highest BCUT2D eigenvalue weighted by Gasteiger charge is 2.06. The summed E-state index contributed by atoms with van der Waals surface area (Å²) in [5.41, 5.74) is 0.545. The average molecular weight is 386 g/mol. The monoisotopic (exact) mass is 386 g/mol. The maximum atomic E-state index is 11.3. The van der Waals surface area contributed by atoms with E-state index in [1.807, 2.05) is 0 Å². The van der Waals surface area contributed by atoms with Gasteiger partial charge in [-0.05, 0) is 13.8 Å². The van der Waals surface area contributed by atoms with Gasteiger partial charge in [0, 0.05) is 17.6 Å². The van der Waals surface area contributed by atoms with Crippen molar-refractivity contribution in [3.05, 3.63) is 24.3 Å². The molecule has 152 valence electrons. The normalized spacial score (nSPS) is 9.56. The Bertz CT molecular complexity index is 511. The molecule has 0 radical (unpaired) electrons. The van der Waals surface area contributed by atoms with Gasteiger partial charge in [-0.25, -0.2) is 19.2 Å². The molecule has 0 atom stereocenters. The average Bonchev–Trinajstić information content (AvgIpc) is 2.61. The molecule has 0 unspecified atom stereocenters. The van der Waals surface area contributed by atoms with Crippen LogP contribution in [0.1, 0.15) is 20.3 Å². The first-order chi connectivity index (χ1) is 12.7. The fraction of sp³-hybridized carbons (Fsp3) is 0.529. The van der Waals surface area contributed by atoms with Crippen LogP contribution in [0.2, 0.25) is 0 Å². The molecule has 0 spiro atoms. The van der Waals surface area contributed by atoms with E-state index >= 15 is 0 Å². The molecule has 27 heavy (non-hydrogen) atoms. The van der Waals surface area contributed by atoms with Gasteiger partial charge in [0.25, 0.3) is 0 Å². The van der Waals surface area contributed by atoms with Crippen molar-refractivity contribution >= 4 is 24.1 Å². The van der Waals surface area contributed by atoms with Gasteiger partial charge < -0.3 is 29.6 Å². The minimum atomic E-state index is -0.676. The highest BCUT2D eigenvalue weighted by molar-refractivity contribution is 5.87. The zero-order valence-electron chi connectivity index (χ0n) is 15.6. The van der Waals surface area contributed by atoms with Crippen LogP contribution >= 0.6 is 0 Å². The van der Waals surface area contributed by atoms with Crippen LogP contribution in [0.25, 0.3) is 0 Å². The highest BCUT2D eigenvalue weighted by Crippen LogP contribution is 1.92. The summed E-state index contributed by atoms with van der Waals surface area (Å²) >= 11 is 0. The Labute approximate surface area is 157 Å². The molecule has 10 nitrogen and oxygen atoms in total. The molecule has 0 aromatic heterocycles. The minimum absolute atomic E-state index is 0.00571. The van der Waals surface area contributed by atoms with Crippen LogP contribution in [0, 0.1) is 0 Å². The molecule has 0 aromatic rings. The first-order valence-electron chi connectivity index (χ1n) is 8.20. The maximum Gasteiger partial charge on any atom is 0.407 e. The molecule has 10 heteroatoms. The molecule has 0 aromatic carbocycles. The van der Waals surface area contributed by atoms with E-state index in [4.69, 9.17) is 18.9 Å². The summed E-state index contributed by atoms with van der Waals surface area (Å²) in [7, 11) is 0. The minimum Gasteiger partial charge on any atom is -0.460 e. The van der Waals surface area contributed by atoms with E-state index in [9.17, 15) is 19.2 Å². The van der Waals surface area contributed by atoms with Crippen LogP contribution in [0.15, 0.2) is 24.3 Å². The van der Waals surface area contributed by atoms with Crippen molar-refractivity contribution in [2.45, 2.75) is 20.3 Å². The van der Waals surface area contributed by atoms with E-state index in [2.05, 4.69) is 23.8 Å². The van der Waals surface area contributed by atoms with Gasteiger partial charge in [0.2, 0.25) is 0 Å². The number of alkyl carbamates (subject to hydrolysis) is 2. The summed E-state index contributed by atoms with van der Waals surface area (Å²) < 4.78 is 19.2. The third-order valence-corrected chi connectivity index (χ3v) is 2.66. The van der Waals surface area contributed by atoms with E-state index in [0.29, 0.717) is 6.42 Å². The quantitative estimate of drug-likeness (QED) is 0.220. The molecule has 2 N–H and O–H groups in total. The SMILES string of the molecule is C=C(C)C(=O)OCCNC(=O)OCCCOC(=O)NCCOC(=O)C(=C)C. The number of carbonyl (C=O) groups excluding carboxylic acids is 4. The molecule has 0 aliphatic carbocycles. The lowest BCUT2D eigenvalue weighted by molar-refractivity contribution is -0.139. The van der Waals surface area contributed by atoms with Gasteiger partial charge in [-0.1, -0.05) is 13.2 Å². The van der Waals surface area contributed by atoms with Gasteiger partial charge in [-0.3, -0.25) is 0 Å². The molecular weight excluding hydrogens is 360 g/mol.